The molecule has 27 heavy (non-hydrogen) atoms. The lowest BCUT2D eigenvalue weighted by molar-refractivity contribution is -0.122. The average molecular weight is 363 g/mol. The van der Waals surface area contributed by atoms with Crippen LogP contribution < -0.4 is 0 Å². The monoisotopic (exact) mass is 362 g/mol. The molecule has 1 aromatic carbocycles. The van der Waals surface area contributed by atoms with Gasteiger partial charge in [-0.15, -0.1) is 0 Å². The van der Waals surface area contributed by atoms with Crippen molar-refractivity contribution in [3.8, 4) is 0 Å². The maximum Gasteiger partial charge on any atom is 0.253 e. The molecular formula is C24H30N2O. The van der Waals surface area contributed by atoms with Gasteiger partial charge in [0.15, 0.2) is 0 Å². The van der Waals surface area contributed by atoms with Crippen LogP contribution in [0.25, 0.3) is 5.57 Å². The van der Waals surface area contributed by atoms with E-state index in [1.54, 1.807) is 4.90 Å². The second kappa shape index (κ2) is 6.34. The fourth-order valence-electron chi connectivity index (χ4n) is 5.99. The number of likely N-dealkylation sites (N-methyl/N-ethyl adjacent to an activating group) is 1. The van der Waals surface area contributed by atoms with Crippen molar-refractivity contribution in [3.63, 3.8) is 0 Å². The summed E-state index contributed by atoms with van der Waals surface area (Å²) in [4.78, 5) is 17.1. The normalized spacial score (nSPS) is 30.6. The minimum Gasteiger partial charge on any atom is -0.345 e. The standard InChI is InChI=1S/C24H30N2O/c1-25(2)23(27)21-15-24(22-6-4-3-5-20(21)22)9-11-26(12-10-24)16-19-14-17-7-8-18(19)13-17/h3-8,15,17-19H,9-14,16H2,1-2H3. The summed E-state index contributed by atoms with van der Waals surface area (Å²) >= 11 is 0. The van der Waals surface area contributed by atoms with Gasteiger partial charge in [0.2, 0.25) is 0 Å². The first-order valence-electron chi connectivity index (χ1n) is 10.5. The Labute approximate surface area is 162 Å². The average Bonchev–Trinajstić information content (AvgIpc) is 3.37. The van der Waals surface area contributed by atoms with Crippen LogP contribution in [0.3, 0.4) is 0 Å². The zero-order valence-corrected chi connectivity index (χ0v) is 16.5. The number of amides is 1. The van der Waals surface area contributed by atoms with Crippen LogP contribution in [0.4, 0.5) is 0 Å². The van der Waals surface area contributed by atoms with E-state index in [2.05, 4.69) is 47.4 Å². The highest BCUT2D eigenvalue weighted by Gasteiger charge is 2.43. The van der Waals surface area contributed by atoms with Crippen LogP contribution in [-0.4, -0.2) is 49.4 Å². The van der Waals surface area contributed by atoms with Crippen molar-refractivity contribution in [1.29, 1.82) is 0 Å². The Kier molecular flexibility index (Phi) is 4.05. The minimum absolute atomic E-state index is 0.0582. The van der Waals surface area contributed by atoms with Gasteiger partial charge in [-0.05, 0) is 67.7 Å². The molecule has 0 radical (unpaired) electrons. The molecule has 2 fully saturated rings. The summed E-state index contributed by atoms with van der Waals surface area (Å²) in [7, 11) is 3.70. The topological polar surface area (TPSA) is 23.6 Å². The summed E-state index contributed by atoms with van der Waals surface area (Å²) in [6.07, 6.45) is 12.3. The number of carbonyl (C=O) groups is 1. The second-order valence-electron chi connectivity index (χ2n) is 9.30. The highest BCUT2D eigenvalue weighted by Crippen LogP contribution is 2.48. The predicted octanol–water partition coefficient (Wildman–Crippen LogP) is 3.72. The van der Waals surface area contributed by atoms with Crippen LogP contribution in [0.15, 0.2) is 42.5 Å². The SMILES string of the molecule is CN(C)C(=O)C1=CC2(CCN(CC3CC4C=CC3C4)CC2)c2ccccc21. The van der Waals surface area contributed by atoms with Crippen LogP contribution in [0.1, 0.15) is 36.8 Å². The largest absolute Gasteiger partial charge is 0.345 e. The van der Waals surface area contributed by atoms with Crippen molar-refractivity contribution in [1.82, 2.24) is 9.80 Å². The number of hydrogen-bond donors (Lipinski definition) is 0. The first kappa shape index (κ1) is 17.2. The molecule has 3 heteroatoms. The lowest BCUT2D eigenvalue weighted by atomic mass is 9.74. The number of rotatable bonds is 3. The van der Waals surface area contributed by atoms with Crippen LogP contribution in [0.2, 0.25) is 0 Å². The smallest absolute Gasteiger partial charge is 0.253 e. The Morgan fingerprint density at radius 3 is 2.59 bits per heavy atom. The van der Waals surface area contributed by atoms with Gasteiger partial charge in [0.05, 0.1) is 0 Å². The zero-order valence-electron chi connectivity index (χ0n) is 16.5. The van der Waals surface area contributed by atoms with Gasteiger partial charge in [-0.2, -0.15) is 0 Å². The molecule has 3 nitrogen and oxygen atoms in total. The molecule has 1 aliphatic heterocycles. The van der Waals surface area contributed by atoms with Gasteiger partial charge in [-0.1, -0.05) is 42.5 Å². The summed E-state index contributed by atoms with van der Waals surface area (Å²) in [6.45, 7) is 3.55. The summed E-state index contributed by atoms with van der Waals surface area (Å²) in [5.41, 5.74) is 3.49. The lowest BCUT2D eigenvalue weighted by Crippen LogP contribution is -2.43. The zero-order chi connectivity index (χ0) is 18.6. The molecule has 142 valence electrons. The maximum atomic E-state index is 12.7. The Balaban J connectivity index is 1.34. The fraction of sp³-hybridized carbons (Fsp3) is 0.542. The molecule has 1 saturated heterocycles. The number of benzene rings is 1. The van der Waals surface area contributed by atoms with Crippen molar-refractivity contribution in [3.05, 3.63) is 53.6 Å². The number of nitrogens with zero attached hydrogens (tertiary/aromatic N) is 2. The number of allylic oxidation sites excluding steroid dienone is 3. The van der Waals surface area contributed by atoms with E-state index < -0.39 is 0 Å². The molecule has 3 atom stereocenters. The van der Waals surface area contributed by atoms with Gasteiger partial charge in [-0.25, -0.2) is 0 Å². The molecule has 3 aliphatic carbocycles. The molecular weight excluding hydrogens is 332 g/mol. The van der Waals surface area contributed by atoms with E-state index in [9.17, 15) is 4.79 Å². The van der Waals surface area contributed by atoms with E-state index in [4.69, 9.17) is 0 Å². The fourth-order valence-corrected chi connectivity index (χ4v) is 5.99. The molecule has 5 rings (SSSR count). The summed E-state index contributed by atoms with van der Waals surface area (Å²) < 4.78 is 0. The minimum atomic E-state index is 0.0582. The van der Waals surface area contributed by atoms with E-state index in [-0.39, 0.29) is 11.3 Å². The molecule has 1 aromatic rings. The van der Waals surface area contributed by atoms with Crippen molar-refractivity contribution in [2.45, 2.75) is 31.1 Å². The van der Waals surface area contributed by atoms with Crippen LogP contribution >= 0.6 is 0 Å². The molecule has 2 bridgehead atoms. The highest BCUT2D eigenvalue weighted by molar-refractivity contribution is 6.21. The van der Waals surface area contributed by atoms with Crippen molar-refractivity contribution in [2.24, 2.45) is 17.8 Å². The molecule has 4 aliphatic rings. The third-order valence-corrected chi connectivity index (χ3v) is 7.47. The van der Waals surface area contributed by atoms with Gasteiger partial charge in [-0.3, -0.25) is 4.79 Å². The lowest BCUT2D eigenvalue weighted by Gasteiger charge is -2.40. The third kappa shape index (κ3) is 2.79. The number of carbonyl (C=O) groups excluding carboxylic acids is 1. The van der Waals surface area contributed by atoms with E-state index in [0.717, 1.165) is 54.8 Å². The predicted molar refractivity (Wildman–Crippen MR) is 109 cm³/mol. The van der Waals surface area contributed by atoms with E-state index in [1.165, 1.54) is 24.9 Å². The quantitative estimate of drug-likeness (QED) is 0.765. The van der Waals surface area contributed by atoms with E-state index >= 15 is 0 Å². The summed E-state index contributed by atoms with van der Waals surface area (Å²) in [6, 6.07) is 8.57. The molecule has 0 aromatic heterocycles. The number of hydrogen-bond acceptors (Lipinski definition) is 2. The molecule has 3 unspecified atom stereocenters. The van der Waals surface area contributed by atoms with Crippen LogP contribution in [0.5, 0.6) is 0 Å². The first-order valence-corrected chi connectivity index (χ1v) is 10.5. The van der Waals surface area contributed by atoms with E-state index in [1.807, 2.05) is 14.1 Å². The van der Waals surface area contributed by atoms with Crippen molar-refractivity contribution < 1.29 is 4.79 Å². The molecule has 1 amide bonds. The first-order chi connectivity index (χ1) is 13.1. The summed E-state index contributed by atoms with van der Waals surface area (Å²) in [5, 5.41) is 0. The Bertz CT molecular complexity index is 813. The van der Waals surface area contributed by atoms with Gasteiger partial charge in [0, 0.05) is 31.6 Å². The number of fused-ring (bicyclic) bond motifs is 4. The Morgan fingerprint density at radius 1 is 1.15 bits per heavy atom. The van der Waals surface area contributed by atoms with Gasteiger partial charge >= 0.3 is 0 Å². The van der Waals surface area contributed by atoms with Gasteiger partial charge < -0.3 is 9.80 Å². The van der Waals surface area contributed by atoms with Crippen molar-refractivity contribution in [2.75, 3.05) is 33.7 Å². The molecule has 1 saturated carbocycles. The van der Waals surface area contributed by atoms with Crippen LogP contribution in [-0.2, 0) is 10.2 Å². The Morgan fingerprint density at radius 2 is 1.93 bits per heavy atom. The molecule has 1 heterocycles. The second-order valence-corrected chi connectivity index (χ2v) is 9.30. The van der Waals surface area contributed by atoms with Gasteiger partial charge in [0.25, 0.3) is 5.91 Å². The molecule has 0 N–H and O–H groups in total. The Hall–Kier alpha value is -1.87. The number of piperidine rings is 1. The van der Waals surface area contributed by atoms with Crippen LogP contribution in [0, 0.1) is 17.8 Å². The summed E-state index contributed by atoms with van der Waals surface area (Å²) in [5.74, 6) is 2.70. The highest BCUT2D eigenvalue weighted by atomic mass is 16.2. The third-order valence-electron chi connectivity index (χ3n) is 7.47. The maximum absolute atomic E-state index is 12.7. The van der Waals surface area contributed by atoms with Gasteiger partial charge in [0.1, 0.15) is 0 Å². The molecule has 1 spiro atoms. The number of likely N-dealkylation sites (tertiary alicyclic amines) is 1. The van der Waals surface area contributed by atoms with E-state index in [0.29, 0.717) is 0 Å². The van der Waals surface area contributed by atoms with Crippen molar-refractivity contribution >= 4 is 11.5 Å².